The van der Waals surface area contributed by atoms with Crippen molar-refractivity contribution in [3.8, 4) is 11.8 Å². The number of hydrogen-bond acceptors (Lipinski definition) is 8. The van der Waals surface area contributed by atoms with Crippen molar-refractivity contribution in [1.29, 1.82) is 5.26 Å². The number of hydrogen-bond donors (Lipinski definition) is 0. The Morgan fingerprint density at radius 1 is 0.867 bits per heavy atom. The van der Waals surface area contributed by atoms with E-state index in [1.54, 1.807) is 32.8 Å². The van der Waals surface area contributed by atoms with Crippen LogP contribution in [0.25, 0.3) is 5.69 Å². The minimum atomic E-state index is -0.0667. The normalized spacial score (nSPS) is 20.6. The van der Waals surface area contributed by atoms with Crippen LogP contribution in [0.2, 0.25) is 0 Å². The molecule has 2 atom stereocenters. The molecule has 4 aromatic rings. The van der Waals surface area contributed by atoms with E-state index >= 15 is 0 Å². The van der Waals surface area contributed by atoms with E-state index in [0.717, 1.165) is 74.7 Å². The molecule has 1 aliphatic carbocycles. The van der Waals surface area contributed by atoms with E-state index in [2.05, 4.69) is 61.5 Å². The summed E-state index contributed by atoms with van der Waals surface area (Å²) in [4.78, 5) is 19.3. The molecule has 7 rings (SSSR count). The predicted octanol–water partition coefficient (Wildman–Crippen LogP) is 4.05. The fraction of sp³-hybridized carbons (Fsp3) is 0.500. The van der Waals surface area contributed by atoms with Gasteiger partial charge >= 0.3 is 5.69 Å². The van der Waals surface area contributed by atoms with Crippen molar-refractivity contribution in [3.05, 3.63) is 82.8 Å². The monoisotopic (exact) mass is 607 g/mol. The highest BCUT2D eigenvalue weighted by Crippen LogP contribution is 2.29. The first-order valence-electron chi connectivity index (χ1n) is 16.4. The van der Waals surface area contributed by atoms with E-state index in [9.17, 15) is 10.1 Å². The first kappa shape index (κ1) is 29.3. The second kappa shape index (κ2) is 13.3. The third-order valence-corrected chi connectivity index (χ3v) is 9.77. The number of nitrogens with zero attached hydrogens (tertiary/aromatic N) is 9. The van der Waals surface area contributed by atoms with Gasteiger partial charge in [-0.2, -0.15) is 25.4 Å². The van der Waals surface area contributed by atoms with Gasteiger partial charge < -0.3 is 14.5 Å². The Balaban J connectivity index is 0.914. The minimum absolute atomic E-state index is 0.0667. The van der Waals surface area contributed by atoms with Crippen molar-refractivity contribution < 1.29 is 4.74 Å². The molecule has 11 nitrogen and oxygen atoms in total. The van der Waals surface area contributed by atoms with Gasteiger partial charge in [-0.05, 0) is 85.9 Å². The number of rotatable bonds is 10. The Morgan fingerprint density at radius 3 is 2.36 bits per heavy atom. The standard InChI is InChI=1S/C34H41N9O2/c35-21-29-19-26(5-6-28-20-32(45-24-28)23-43-36-13-14-37-43)7-12-33(29)40-17-15-39(16-18-40)30-8-10-31(11-9-30)41-25-38-42(34(41)44)22-27-3-1-2-4-27/h7-14,19,25,27-28,32H,1-6,15-18,20,22-24H2. The van der Waals surface area contributed by atoms with Crippen LogP contribution in [0, 0.1) is 23.2 Å². The molecular weight excluding hydrogens is 566 g/mol. The van der Waals surface area contributed by atoms with Crippen LogP contribution in [-0.2, 0) is 24.2 Å². The molecule has 0 N–H and O–H groups in total. The molecule has 2 aromatic heterocycles. The van der Waals surface area contributed by atoms with Gasteiger partial charge in [0.1, 0.15) is 12.4 Å². The van der Waals surface area contributed by atoms with Gasteiger partial charge in [-0.25, -0.2) is 14.0 Å². The van der Waals surface area contributed by atoms with Crippen LogP contribution in [0.1, 0.15) is 49.7 Å². The van der Waals surface area contributed by atoms with Crippen molar-refractivity contribution in [2.24, 2.45) is 11.8 Å². The molecule has 4 heterocycles. The van der Waals surface area contributed by atoms with Gasteiger partial charge in [-0.15, -0.1) is 0 Å². The second-order valence-corrected chi connectivity index (χ2v) is 12.7. The summed E-state index contributed by atoms with van der Waals surface area (Å²) in [5, 5.41) is 22.8. The van der Waals surface area contributed by atoms with Crippen LogP contribution in [0.3, 0.4) is 0 Å². The molecule has 234 valence electrons. The zero-order valence-electron chi connectivity index (χ0n) is 25.7. The molecule has 0 bridgehead atoms. The zero-order valence-corrected chi connectivity index (χ0v) is 25.7. The van der Waals surface area contributed by atoms with E-state index in [1.807, 2.05) is 12.1 Å². The van der Waals surface area contributed by atoms with Crippen LogP contribution in [0.15, 0.2) is 66.0 Å². The Labute approximate surface area is 263 Å². The molecule has 2 aromatic carbocycles. The topological polar surface area (TPSA) is 110 Å². The summed E-state index contributed by atoms with van der Waals surface area (Å²) in [5.41, 5.74) is 4.87. The number of nitriles is 1. The lowest BCUT2D eigenvalue weighted by Gasteiger charge is -2.37. The van der Waals surface area contributed by atoms with Crippen LogP contribution in [-0.4, -0.2) is 68.2 Å². The Hall–Kier alpha value is -4.43. The third kappa shape index (κ3) is 6.66. The fourth-order valence-electron chi connectivity index (χ4n) is 7.21. The highest BCUT2D eigenvalue weighted by atomic mass is 16.5. The van der Waals surface area contributed by atoms with E-state index in [4.69, 9.17) is 4.74 Å². The Bertz CT molecular complexity index is 1660. The molecule has 2 unspecified atom stereocenters. The van der Waals surface area contributed by atoms with Gasteiger partial charge in [0.2, 0.25) is 0 Å². The van der Waals surface area contributed by atoms with E-state index < -0.39 is 0 Å². The maximum Gasteiger partial charge on any atom is 0.350 e. The molecule has 2 aliphatic heterocycles. The molecule has 0 amide bonds. The SMILES string of the molecule is N#Cc1cc(CCC2COC(Cn3nccn3)C2)ccc1N1CCN(c2ccc(-n3cnn(CC4CCCC4)c3=O)cc2)CC1. The molecule has 1 saturated carbocycles. The number of ether oxygens (including phenoxy) is 1. The van der Waals surface area contributed by atoms with Gasteiger partial charge in [0, 0.05) is 45.0 Å². The van der Waals surface area contributed by atoms with Gasteiger partial charge in [-0.3, -0.25) is 0 Å². The van der Waals surface area contributed by atoms with Crippen molar-refractivity contribution in [3.63, 3.8) is 0 Å². The minimum Gasteiger partial charge on any atom is -0.376 e. The lowest BCUT2D eigenvalue weighted by Crippen LogP contribution is -2.46. The van der Waals surface area contributed by atoms with Crippen LogP contribution in [0.5, 0.6) is 0 Å². The molecule has 0 radical (unpaired) electrons. The number of aryl methyl sites for hydroxylation is 1. The van der Waals surface area contributed by atoms with Crippen molar-refractivity contribution in [2.75, 3.05) is 42.6 Å². The van der Waals surface area contributed by atoms with Crippen LogP contribution < -0.4 is 15.5 Å². The molecule has 3 aliphatic rings. The van der Waals surface area contributed by atoms with Gasteiger partial charge in [-0.1, -0.05) is 18.9 Å². The molecule has 11 heteroatoms. The summed E-state index contributed by atoms with van der Waals surface area (Å²) in [6.45, 7) is 5.59. The van der Waals surface area contributed by atoms with Gasteiger partial charge in [0.15, 0.2) is 0 Å². The summed E-state index contributed by atoms with van der Waals surface area (Å²) in [6, 6.07) is 17.0. The van der Waals surface area contributed by atoms with Gasteiger partial charge in [0.05, 0.1) is 42.0 Å². The van der Waals surface area contributed by atoms with Crippen LogP contribution >= 0.6 is 0 Å². The van der Waals surface area contributed by atoms with E-state index in [-0.39, 0.29) is 11.8 Å². The highest BCUT2D eigenvalue weighted by molar-refractivity contribution is 5.62. The van der Waals surface area contributed by atoms with Crippen LogP contribution in [0.4, 0.5) is 11.4 Å². The molecular formula is C34H41N9O2. The maximum absolute atomic E-state index is 13.0. The number of benzene rings is 2. The van der Waals surface area contributed by atoms with E-state index in [0.29, 0.717) is 24.9 Å². The summed E-state index contributed by atoms with van der Waals surface area (Å²) in [6.07, 6.45) is 13.1. The third-order valence-electron chi connectivity index (χ3n) is 9.77. The first-order chi connectivity index (χ1) is 22.1. The predicted molar refractivity (Wildman–Crippen MR) is 172 cm³/mol. The summed E-state index contributed by atoms with van der Waals surface area (Å²) in [7, 11) is 0. The summed E-state index contributed by atoms with van der Waals surface area (Å²) < 4.78 is 9.24. The molecule has 45 heavy (non-hydrogen) atoms. The molecule has 2 saturated heterocycles. The molecule has 0 spiro atoms. The van der Waals surface area contributed by atoms with Crippen molar-refractivity contribution >= 4 is 11.4 Å². The average molecular weight is 608 g/mol. The second-order valence-electron chi connectivity index (χ2n) is 12.7. The van der Waals surface area contributed by atoms with E-state index in [1.165, 1.54) is 31.2 Å². The number of aromatic nitrogens is 6. The number of piperazine rings is 1. The zero-order chi connectivity index (χ0) is 30.6. The quantitative estimate of drug-likeness (QED) is 0.266. The Kier molecular flexibility index (Phi) is 8.65. The number of anilines is 2. The highest BCUT2D eigenvalue weighted by Gasteiger charge is 2.26. The summed E-state index contributed by atoms with van der Waals surface area (Å²) >= 11 is 0. The maximum atomic E-state index is 13.0. The Morgan fingerprint density at radius 2 is 1.60 bits per heavy atom. The lowest BCUT2D eigenvalue weighted by atomic mass is 9.95. The smallest absolute Gasteiger partial charge is 0.350 e. The first-order valence-corrected chi connectivity index (χ1v) is 16.4. The van der Waals surface area contributed by atoms with Crippen molar-refractivity contribution in [1.82, 2.24) is 29.3 Å². The van der Waals surface area contributed by atoms with Gasteiger partial charge in [0.25, 0.3) is 0 Å². The largest absolute Gasteiger partial charge is 0.376 e. The average Bonchev–Trinajstić information content (AvgIpc) is 3.92. The molecule has 3 fully saturated rings. The van der Waals surface area contributed by atoms with Crippen molar-refractivity contribution in [2.45, 2.75) is 64.1 Å². The fourth-order valence-corrected chi connectivity index (χ4v) is 7.21. The lowest BCUT2D eigenvalue weighted by molar-refractivity contribution is 0.0867. The summed E-state index contributed by atoms with van der Waals surface area (Å²) in [5.74, 6) is 1.08.